The standard InChI is InChI=1S/C16H22BrNO2/c17-12-16(9-4-5-10-16)13-18-15(19)8-11-20-14-6-2-1-3-7-14/h1-3,6-7H,4-5,8-13H2,(H,18,19). The Morgan fingerprint density at radius 3 is 2.60 bits per heavy atom. The maximum Gasteiger partial charge on any atom is 0.223 e. The first-order valence-corrected chi connectivity index (χ1v) is 8.37. The van der Waals surface area contributed by atoms with Crippen LogP contribution in [0.1, 0.15) is 32.1 Å². The van der Waals surface area contributed by atoms with Crippen molar-refractivity contribution in [2.75, 3.05) is 18.5 Å². The van der Waals surface area contributed by atoms with Crippen molar-refractivity contribution < 1.29 is 9.53 Å². The first kappa shape index (κ1) is 15.4. The van der Waals surface area contributed by atoms with Crippen molar-refractivity contribution in [1.29, 1.82) is 0 Å². The Bertz CT molecular complexity index is 416. The minimum atomic E-state index is 0.0770. The van der Waals surface area contributed by atoms with Crippen molar-refractivity contribution in [1.82, 2.24) is 5.32 Å². The van der Waals surface area contributed by atoms with Crippen LogP contribution in [-0.2, 0) is 4.79 Å². The fourth-order valence-electron chi connectivity index (χ4n) is 2.64. The molecule has 20 heavy (non-hydrogen) atoms. The van der Waals surface area contributed by atoms with Crippen molar-refractivity contribution in [3.05, 3.63) is 30.3 Å². The monoisotopic (exact) mass is 339 g/mol. The van der Waals surface area contributed by atoms with E-state index in [4.69, 9.17) is 4.74 Å². The number of carbonyl (C=O) groups excluding carboxylic acids is 1. The molecule has 0 aromatic heterocycles. The van der Waals surface area contributed by atoms with Gasteiger partial charge in [-0.1, -0.05) is 47.0 Å². The van der Waals surface area contributed by atoms with E-state index < -0.39 is 0 Å². The highest BCUT2D eigenvalue weighted by atomic mass is 79.9. The number of halogens is 1. The predicted molar refractivity (Wildman–Crippen MR) is 84.3 cm³/mol. The van der Waals surface area contributed by atoms with Gasteiger partial charge in [-0.2, -0.15) is 0 Å². The van der Waals surface area contributed by atoms with Crippen LogP contribution in [0.25, 0.3) is 0 Å². The van der Waals surface area contributed by atoms with Crippen LogP contribution in [0.15, 0.2) is 30.3 Å². The molecule has 4 heteroatoms. The number of nitrogens with one attached hydrogen (secondary N) is 1. The Kier molecular flexibility index (Phi) is 5.89. The second kappa shape index (κ2) is 7.67. The average molecular weight is 340 g/mol. The van der Waals surface area contributed by atoms with E-state index in [2.05, 4.69) is 21.2 Å². The number of hydrogen-bond acceptors (Lipinski definition) is 2. The molecule has 1 amide bonds. The highest BCUT2D eigenvalue weighted by Gasteiger charge is 2.32. The number of para-hydroxylation sites is 1. The van der Waals surface area contributed by atoms with Gasteiger partial charge in [-0.3, -0.25) is 4.79 Å². The molecule has 0 saturated heterocycles. The van der Waals surface area contributed by atoms with E-state index in [9.17, 15) is 4.79 Å². The van der Waals surface area contributed by atoms with Gasteiger partial charge in [-0.25, -0.2) is 0 Å². The molecular formula is C16H22BrNO2. The highest BCUT2D eigenvalue weighted by molar-refractivity contribution is 9.09. The zero-order chi connectivity index (χ0) is 14.3. The van der Waals surface area contributed by atoms with Gasteiger partial charge in [0.25, 0.3) is 0 Å². The van der Waals surface area contributed by atoms with Crippen LogP contribution in [-0.4, -0.2) is 24.4 Å². The van der Waals surface area contributed by atoms with E-state index in [-0.39, 0.29) is 11.3 Å². The van der Waals surface area contributed by atoms with Crippen LogP contribution in [0, 0.1) is 5.41 Å². The lowest BCUT2D eigenvalue weighted by Crippen LogP contribution is -2.37. The minimum Gasteiger partial charge on any atom is -0.493 e. The normalized spacial score (nSPS) is 16.9. The molecule has 1 saturated carbocycles. The molecule has 1 aliphatic rings. The largest absolute Gasteiger partial charge is 0.493 e. The first-order chi connectivity index (χ1) is 9.74. The molecule has 1 aromatic carbocycles. The lowest BCUT2D eigenvalue weighted by atomic mass is 9.89. The van der Waals surface area contributed by atoms with Gasteiger partial charge in [0.05, 0.1) is 13.0 Å². The van der Waals surface area contributed by atoms with Crippen LogP contribution in [0.4, 0.5) is 0 Å². The zero-order valence-electron chi connectivity index (χ0n) is 11.7. The van der Waals surface area contributed by atoms with Crippen molar-refractivity contribution >= 4 is 21.8 Å². The summed E-state index contributed by atoms with van der Waals surface area (Å²) in [6.45, 7) is 1.21. The molecule has 0 radical (unpaired) electrons. The van der Waals surface area contributed by atoms with Crippen LogP contribution >= 0.6 is 15.9 Å². The van der Waals surface area contributed by atoms with E-state index in [0.29, 0.717) is 13.0 Å². The van der Waals surface area contributed by atoms with Crippen LogP contribution in [0.2, 0.25) is 0 Å². The fraction of sp³-hybridized carbons (Fsp3) is 0.562. The maximum atomic E-state index is 11.8. The number of hydrogen-bond donors (Lipinski definition) is 1. The van der Waals surface area contributed by atoms with Gasteiger partial charge < -0.3 is 10.1 Å². The van der Waals surface area contributed by atoms with E-state index in [0.717, 1.165) is 17.6 Å². The van der Waals surface area contributed by atoms with Crippen molar-refractivity contribution in [2.24, 2.45) is 5.41 Å². The zero-order valence-corrected chi connectivity index (χ0v) is 13.3. The lowest BCUT2D eigenvalue weighted by molar-refractivity contribution is -0.122. The highest BCUT2D eigenvalue weighted by Crippen LogP contribution is 2.38. The second-order valence-corrected chi connectivity index (χ2v) is 6.09. The molecule has 1 fully saturated rings. The summed E-state index contributed by atoms with van der Waals surface area (Å²) in [5.41, 5.74) is 0.274. The van der Waals surface area contributed by atoms with E-state index in [1.165, 1.54) is 25.7 Å². The summed E-state index contributed by atoms with van der Waals surface area (Å²) in [4.78, 5) is 11.8. The minimum absolute atomic E-state index is 0.0770. The van der Waals surface area contributed by atoms with Crippen molar-refractivity contribution in [3.63, 3.8) is 0 Å². The van der Waals surface area contributed by atoms with Crippen LogP contribution in [0.5, 0.6) is 5.75 Å². The third-order valence-electron chi connectivity index (χ3n) is 3.95. The third-order valence-corrected chi connectivity index (χ3v) is 5.14. The van der Waals surface area contributed by atoms with Gasteiger partial charge in [0.2, 0.25) is 5.91 Å². The third kappa shape index (κ3) is 4.51. The van der Waals surface area contributed by atoms with Gasteiger partial charge in [0.1, 0.15) is 5.75 Å². The Labute approximate surface area is 129 Å². The molecule has 1 N–H and O–H groups in total. The van der Waals surface area contributed by atoms with Gasteiger partial charge in [-0.15, -0.1) is 0 Å². The number of alkyl halides is 1. The van der Waals surface area contributed by atoms with E-state index in [1.807, 2.05) is 30.3 Å². The van der Waals surface area contributed by atoms with E-state index in [1.54, 1.807) is 0 Å². The second-order valence-electron chi connectivity index (χ2n) is 5.53. The summed E-state index contributed by atoms with van der Waals surface area (Å²) in [5.74, 6) is 0.890. The van der Waals surface area contributed by atoms with Gasteiger partial charge in [0, 0.05) is 11.9 Å². The number of benzene rings is 1. The van der Waals surface area contributed by atoms with E-state index >= 15 is 0 Å². The topological polar surface area (TPSA) is 38.3 Å². The number of carbonyl (C=O) groups is 1. The summed E-state index contributed by atoms with van der Waals surface area (Å²) in [5, 5.41) is 4.03. The molecule has 3 nitrogen and oxygen atoms in total. The predicted octanol–water partition coefficient (Wildman–Crippen LogP) is 3.53. The summed E-state index contributed by atoms with van der Waals surface area (Å²) in [6, 6.07) is 9.60. The van der Waals surface area contributed by atoms with Crippen LogP contribution < -0.4 is 10.1 Å². The maximum absolute atomic E-state index is 11.8. The van der Waals surface area contributed by atoms with Crippen molar-refractivity contribution in [3.8, 4) is 5.75 Å². The smallest absolute Gasteiger partial charge is 0.223 e. The summed E-state index contributed by atoms with van der Waals surface area (Å²) in [7, 11) is 0. The number of amides is 1. The Balaban J connectivity index is 1.65. The van der Waals surface area contributed by atoms with Gasteiger partial charge in [-0.05, 0) is 30.4 Å². The Morgan fingerprint density at radius 1 is 1.25 bits per heavy atom. The molecule has 0 bridgehead atoms. The average Bonchev–Trinajstić information content (AvgIpc) is 2.96. The molecule has 110 valence electrons. The summed E-state index contributed by atoms with van der Waals surface area (Å²) in [6.07, 6.45) is 5.38. The molecule has 0 heterocycles. The molecule has 1 aliphatic carbocycles. The number of rotatable bonds is 7. The summed E-state index contributed by atoms with van der Waals surface area (Å²) < 4.78 is 5.53. The number of ether oxygens (including phenoxy) is 1. The molecular weight excluding hydrogens is 318 g/mol. The van der Waals surface area contributed by atoms with Gasteiger partial charge in [0.15, 0.2) is 0 Å². The molecule has 2 rings (SSSR count). The SMILES string of the molecule is O=C(CCOc1ccccc1)NCC1(CBr)CCCC1. The quantitative estimate of drug-likeness (QED) is 0.771. The first-order valence-electron chi connectivity index (χ1n) is 7.25. The lowest BCUT2D eigenvalue weighted by Gasteiger charge is -2.26. The Hall–Kier alpha value is -1.03. The molecule has 0 aliphatic heterocycles. The van der Waals surface area contributed by atoms with Gasteiger partial charge >= 0.3 is 0 Å². The summed E-state index contributed by atoms with van der Waals surface area (Å²) >= 11 is 3.59. The molecule has 0 unspecified atom stereocenters. The molecule has 1 aromatic rings. The molecule has 0 spiro atoms. The Morgan fingerprint density at radius 2 is 1.95 bits per heavy atom. The van der Waals surface area contributed by atoms with Crippen LogP contribution in [0.3, 0.4) is 0 Å². The fourth-order valence-corrected chi connectivity index (χ4v) is 3.39. The van der Waals surface area contributed by atoms with Crippen molar-refractivity contribution in [2.45, 2.75) is 32.1 Å². The molecule has 0 atom stereocenters.